The number of aryl methyl sites for hydroxylation is 1. The minimum atomic E-state index is 0.544. The lowest BCUT2D eigenvalue weighted by atomic mass is 10.1. The minimum Gasteiger partial charge on any atom is -0.378 e. The highest BCUT2D eigenvalue weighted by atomic mass is 15.1. The van der Waals surface area contributed by atoms with Crippen LogP contribution in [0.3, 0.4) is 0 Å². The number of aliphatic imine (C=N–C) groups is 1. The van der Waals surface area contributed by atoms with E-state index in [-0.39, 0.29) is 0 Å². The second-order valence-electron chi connectivity index (χ2n) is 5.69. The van der Waals surface area contributed by atoms with Crippen LogP contribution < -0.4 is 16.0 Å². The first-order valence-corrected chi connectivity index (χ1v) is 7.85. The van der Waals surface area contributed by atoms with Crippen molar-refractivity contribution < 1.29 is 0 Å². The molecular formula is C17H30N4. The molecule has 21 heavy (non-hydrogen) atoms. The van der Waals surface area contributed by atoms with Crippen LogP contribution in [0.15, 0.2) is 23.2 Å². The summed E-state index contributed by atoms with van der Waals surface area (Å²) in [6.07, 6.45) is 4.95. The number of hydrogen-bond donors (Lipinski definition) is 2. The average molecular weight is 290 g/mol. The monoisotopic (exact) mass is 290 g/mol. The molecule has 0 saturated carbocycles. The molecule has 4 nitrogen and oxygen atoms in total. The number of rotatable bonds is 8. The van der Waals surface area contributed by atoms with Crippen LogP contribution in [0, 0.1) is 6.92 Å². The molecule has 0 aliphatic carbocycles. The van der Waals surface area contributed by atoms with Gasteiger partial charge >= 0.3 is 0 Å². The molecule has 0 heterocycles. The van der Waals surface area contributed by atoms with Gasteiger partial charge in [0, 0.05) is 26.3 Å². The summed E-state index contributed by atoms with van der Waals surface area (Å²) in [5.74, 6) is 0.544. The van der Waals surface area contributed by atoms with Crippen LogP contribution in [0.2, 0.25) is 0 Å². The second-order valence-corrected chi connectivity index (χ2v) is 5.69. The molecule has 0 amide bonds. The Bertz CT molecular complexity index is 452. The van der Waals surface area contributed by atoms with Gasteiger partial charge in [-0.3, -0.25) is 0 Å². The van der Waals surface area contributed by atoms with Crippen molar-refractivity contribution in [2.75, 3.05) is 25.5 Å². The van der Waals surface area contributed by atoms with Crippen molar-refractivity contribution in [2.24, 2.45) is 10.7 Å². The second kappa shape index (κ2) is 9.27. The first-order chi connectivity index (χ1) is 10.0. The normalized spacial score (nSPS) is 11.5. The zero-order valence-electron chi connectivity index (χ0n) is 13.9. The molecule has 3 N–H and O–H groups in total. The van der Waals surface area contributed by atoms with Gasteiger partial charge in [-0.05, 0) is 36.6 Å². The maximum atomic E-state index is 5.90. The van der Waals surface area contributed by atoms with Crippen molar-refractivity contribution in [1.82, 2.24) is 5.32 Å². The summed E-state index contributed by atoms with van der Waals surface area (Å²) in [4.78, 5) is 6.52. The van der Waals surface area contributed by atoms with Crippen molar-refractivity contribution in [3.8, 4) is 0 Å². The lowest BCUT2D eigenvalue weighted by Crippen LogP contribution is -2.32. The van der Waals surface area contributed by atoms with Gasteiger partial charge in [0.1, 0.15) is 0 Å². The van der Waals surface area contributed by atoms with Gasteiger partial charge < -0.3 is 16.0 Å². The Morgan fingerprint density at radius 2 is 2.00 bits per heavy atom. The standard InChI is InChI=1S/C17H30N4/c1-5-6-7-8-11-19-17(18)20-13-15-9-10-16(21(3)4)12-14(15)2/h9-10,12H,5-8,11,13H2,1-4H3,(H3,18,19,20). The summed E-state index contributed by atoms with van der Waals surface area (Å²) in [6.45, 7) is 5.88. The lowest BCUT2D eigenvalue weighted by Gasteiger charge is -2.14. The molecule has 0 bridgehead atoms. The van der Waals surface area contributed by atoms with E-state index in [1.54, 1.807) is 0 Å². The molecule has 0 radical (unpaired) electrons. The Kier molecular flexibility index (Phi) is 7.65. The Hall–Kier alpha value is -1.71. The highest BCUT2D eigenvalue weighted by molar-refractivity contribution is 5.77. The number of unbranched alkanes of at least 4 members (excludes halogenated alkanes) is 3. The third kappa shape index (κ3) is 6.52. The van der Waals surface area contributed by atoms with Crippen LogP contribution in [0.4, 0.5) is 5.69 Å². The van der Waals surface area contributed by atoms with Crippen molar-refractivity contribution in [2.45, 2.75) is 46.1 Å². The number of nitrogens with two attached hydrogens (primary N) is 1. The number of hydrogen-bond acceptors (Lipinski definition) is 2. The van der Waals surface area contributed by atoms with Gasteiger partial charge in [0.2, 0.25) is 0 Å². The molecule has 4 heteroatoms. The van der Waals surface area contributed by atoms with Gasteiger partial charge in [-0.1, -0.05) is 32.3 Å². The van der Waals surface area contributed by atoms with E-state index in [9.17, 15) is 0 Å². The Labute approximate surface area is 129 Å². The van der Waals surface area contributed by atoms with Crippen molar-refractivity contribution in [3.05, 3.63) is 29.3 Å². The zero-order chi connectivity index (χ0) is 15.7. The van der Waals surface area contributed by atoms with Gasteiger partial charge in [0.15, 0.2) is 5.96 Å². The molecule has 0 unspecified atom stereocenters. The number of nitrogens with one attached hydrogen (secondary N) is 1. The smallest absolute Gasteiger partial charge is 0.188 e. The van der Waals surface area contributed by atoms with Crippen LogP contribution in [0.1, 0.15) is 43.7 Å². The summed E-state index contributed by atoms with van der Waals surface area (Å²) < 4.78 is 0. The van der Waals surface area contributed by atoms with E-state index in [0.29, 0.717) is 12.5 Å². The lowest BCUT2D eigenvalue weighted by molar-refractivity contribution is 0.652. The summed E-state index contributed by atoms with van der Waals surface area (Å²) in [5.41, 5.74) is 9.58. The number of benzene rings is 1. The molecule has 0 saturated heterocycles. The van der Waals surface area contributed by atoms with Crippen LogP contribution in [0.25, 0.3) is 0 Å². The topological polar surface area (TPSA) is 53.6 Å². The fourth-order valence-electron chi connectivity index (χ4n) is 2.13. The molecule has 0 fully saturated rings. The van der Waals surface area contributed by atoms with Crippen molar-refractivity contribution in [1.29, 1.82) is 0 Å². The highest BCUT2D eigenvalue weighted by Gasteiger charge is 2.01. The van der Waals surface area contributed by atoms with Crippen LogP contribution in [-0.2, 0) is 6.54 Å². The molecule has 0 spiro atoms. The SMILES string of the molecule is CCCCCCNC(N)=NCc1ccc(N(C)C)cc1C. The minimum absolute atomic E-state index is 0.544. The van der Waals surface area contributed by atoms with E-state index in [0.717, 1.165) is 13.0 Å². The van der Waals surface area contributed by atoms with E-state index < -0.39 is 0 Å². The van der Waals surface area contributed by atoms with E-state index in [2.05, 4.69) is 47.3 Å². The molecule has 0 aromatic heterocycles. The molecule has 0 aliphatic rings. The van der Waals surface area contributed by atoms with Crippen LogP contribution in [-0.4, -0.2) is 26.6 Å². The van der Waals surface area contributed by atoms with E-state index >= 15 is 0 Å². The fraction of sp³-hybridized carbons (Fsp3) is 0.588. The predicted molar refractivity (Wildman–Crippen MR) is 93.0 cm³/mol. The van der Waals surface area contributed by atoms with Gasteiger partial charge in [0.05, 0.1) is 6.54 Å². The Morgan fingerprint density at radius 1 is 1.24 bits per heavy atom. The highest BCUT2D eigenvalue weighted by Crippen LogP contribution is 2.17. The summed E-state index contributed by atoms with van der Waals surface area (Å²) in [6, 6.07) is 6.42. The number of guanidine groups is 1. The van der Waals surface area contributed by atoms with E-state index in [4.69, 9.17) is 5.73 Å². The first-order valence-electron chi connectivity index (χ1n) is 7.85. The van der Waals surface area contributed by atoms with E-state index in [1.807, 2.05) is 14.1 Å². The van der Waals surface area contributed by atoms with Gasteiger partial charge in [-0.25, -0.2) is 4.99 Å². The molecule has 1 aromatic rings. The summed E-state index contributed by atoms with van der Waals surface area (Å²) >= 11 is 0. The quantitative estimate of drug-likeness (QED) is 0.439. The van der Waals surface area contributed by atoms with Crippen LogP contribution in [0.5, 0.6) is 0 Å². The fourth-order valence-corrected chi connectivity index (χ4v) is 2.13. The maximum Gasteiger partial charge on any atom is 0.188 e. The van der Waals surface area contributed by atoms with Gasteiger partial charge in [-0.15, -0.1) is 0 Å². The first kappa shape index (κ1) is 17.3. The molecule has 1 aromatic carbocycles. The van der Waals surface area contributed by atoms with Crippen molar-refractivity contribution in [3.63, 3.8) is 0 Å². The number of nitrogens with zero attached hydrogens (tertiary/aromatic N) is 2. The zero-order valence-corrected chi connectivity index (χ0v) is 13.9. The summed E-state index contributed by atoms with van der Waals surface area (Å²) in [5, 5.41) is 3.18. The third-order valence-corrected chi connectivity index (χ3v) is 3.60. The molecule has 0 aliphatic heterocycles. The molecule has 118 valence electrons. The number of anilines is 1. The Morgan fingerprint density at radius 3 is 2.62 bits per heavy atom. The molecule has 0 atom stereocenters. The maximum absolute atomic E-state index is 5.90. The van der Waals surface area contributed by atoms with Crippen LogP contribution >= 0.6 is 0 Å². The third-order valence-electron chi connectivity index (χ3n) is 3.60. The molecule has 1 rings (SSSR count). The van der Waals surface area contributed by atoms with Crippen molar-refractivity contribution >= 4 is 11.6 Å². The Balaban J connectivity index is 2.44. The molecular weight excluding hydrogens is 260 g/mol. The average Bonchev–Trinajstić information content (AvgIpc) is 2.45. The largest absolute Gasteiger partial charge is 0.378 e. The summed E-state index contributed by atoms with van der Waals surface area (Å²) in [7, 11) is 4.10. The van der Waals surface area contributed by atoms with Gasteiger partial charge in [-0.2, -0.15) is 0 Å². The predicted octanol–water partition coefficient (Wildman–Crippen LogP) is 3.05. The van der Waals surface area contributed by atoms with E-state index in [1.165, 1.54) is 36.1 Å². The van der Waals surface area contributed by atoms with Gasteiger partial charge in [0.25, 0.3) is 0 Å².